The lowest BCUT2D eigenvalue weighted by Gasteiger charge is -2.40. The van der Waals surface area contributed by atoms with Crippen LogP contribution in [0.3, 0.4) is 0 Å². The topological polar surface area (TPSA) is 38.8 Å². The average Bonchev–Trinajstić information content (AvgIpc) is 3.23. The monoisotopic (exact) mass is 499 g/mol. The summed E-state index contributed by atoms with van der Waals surface area (Å²) in [7, 11) is 4.02. The Hall–Kier alpha value is -3.27. The van der Waals surface area contributed by atoms with Gasteiger partial charge in [0.05, 0.1) is 5.56 Å². The Morgan fingerprint density at radius 3 is 2.22 bits per heavy atom. The van der Waals surface area contributed by atoms with Gasteiger partial charge in [-0.25, -0.2) is 0 Å². The summed E-state index contributed by atoms with van der Waals surface area (Å²) in [6, 6.07) is 12.1. The number of benzene rings is 2. The van der Waals surface area contributed by atoms with Gasteiger partial charge in [-0.3, -0.25) is 4.79 Å². The van der Waals surface area contributed by atoms with Crippen LogP contribution in [0.25, 0.3) is 6.08 Å². The molecule has 0 saturated heterocycles. The van der Waals surface area contributed by atoms with E-state index in [0.29, 0.717) is 36.4 Å². The molecule has 2 aromatic carbocycles. The van der Waals surface area contributed by atoms with Crippen molar-refractivity contribution < 1.29 is 14.3 Å². The van der Waals surface area contributed by atoms with Crippen molar-refractivity contribution in [1.82, 2.24) is 0 Å². The molecule has 3 unspecified atom stereocenters. The Kier molecular flexibility index (Phi) is 7.68. The molecule has 0 spiro atoms. The van der Waals surface area contributed by atoms with Gasteiger partial charge in [-0.2, -0.15) is 0 Å². The molecule has 2 fully saturated rings. The Balaban J connectivity index is 1.74. The lowest BCUT2D eigenvalue weighted by atomic mass is 9.65. The van der Waals surface area contributed by atoms with Crippen molar-refractivity contribution in [2.45, 2.75) is 46.0 Å². The number of hydrogen-bond donors (Lipinski definition) is 0. The number of ether oxygens (including phenoxy) is 2. The zero-order chi connectivity index (χ0) is 26.8. The molecule has 3 atom stereocenters. The van der Waals surface area contributed by atoms with Crippen molar-refractivity contribution in [2.24, 2.45) is 16.7 Å². The first-order valence-corrected chi connectivity index (χ1v) is 13.3. The van der Waals surface area contributed by atoms with Crippen molar-refractivity contribution in [1.29, 1.82) is 0 Å². The predicted molar refractivity (Wildman–Crippen MR) is 154 cm³/mol. The van der Waals surface area contributed by atoms with Crippen molar-refractivity contribution in [2.75, 3.05) is 32.2 Å². The molecule has 2 saturated carbocycles. The fourth-order valence-electron chi connectivity index (χ4n) is 6.40. The second-order valence-corrected chi connectivity index (χ2v) is 11.4. The van der Waals surface area contributed by atoms with Gasteiger partial charge in [0.15, 0.2) is 5.78 Å². The first kappa shape index (κ1) is 26.8. The maximum atomic E-state index is 13.6. The molecule has 0 aliphatic heterocycles. The van der Waals surface area contributed by atoms with Gasteiger partial charge in [-0.15, -0.1) is 0 Å². The van der Waals surface area contributed by atoms with Gasteiger partial charge in [0.1, 0.15) is 24.7 Å². The summed E-state index contributed by atoms with van der Waals surface area (Å²) in [6.45, 7) is 15.6. The molecular weight excluding hydrogens is 458 g/mol. The summed E-state index contributed by atoms with van der Waals surface area (Å²) in [5.41, 5.74) is 4.16. The summed E-state index contributed by atoms with van der Waals surface area (Å²) in [4.78, 5) is 15.6. The van der Waals surface area contributed by atoms with E-state index in [4.69, 9.17) is 9.47 Å². The van der Waals surface area contributed by atoms with Crippen LogP contribution in [0.1, 0.15) is 67.4 Å². The van der Waals surface area contributed by atoms with Crippen molar-refractivity contribution in [3.05, 3.63) is 84.5 Å². The zero-order valence-corrected chi connectivity index (χ0v) is 23.0. The molecule has 4 nitrogen and oxygen atoms in total. The minimum atomic E-state index is -0.0835. The van der Waals surface area contributed by atoms with Crippen molar-refractivity contribution in [3.8, 4) is 11.5 Å². The average molecular weight is 500 g/mol. The number of rotatable bonds is 11. The molecule has 196 valence electrons. The highest BCUT2D eigenvalue weighted by Gasteiger charge is 2.61. The minimum absolute atomic E-state index is 0.0835. The predicted octanol–water partition coefficient (Wildman–Crippen LogP) is 7.71. The highest BCUT2D eigenvalue weighted by atomic mass is 16.5. The second kappa shape index (κ2) is 10.6. The number of carbonyl (C=O) groups excluding carboxylic acids is 1. The van der Waals surface area contributed by atoms with E-state index < -0.39 is 0 Å². The number of nitrogens with zero attached hydrogens (tertiary/aromatic N) is 1. The third-order valence-electron chi connectivity index (χ3n) is 9.10. The van der Waals surface area contributed by atoms with Crippen LogP contribution < -0.4 is 14.4 Å². The van der Waals surface area contributed by atoms with Crippen molar-refractivity contribution >= 4 is 17.5 Å². The molecule has 4 heteroatoms. The first-order chi connectivity index (χ1) is 17.6. The second-order valence-electron chi connectivity index (χ2n) is 11.4. The third-order valence-corrected chi connectivity index (χ3v) is 9.10. The Morgan fingerprint density at radius 2 is 1.68 bits per heavy atom. The summed E-state index contributed by atoms with van der Waals surface area (Å²) in [5.74, 6) is 2.22. The number of allylic oxidation sites excluding steroid dienone is 1. The maximum Gasteiger partial charge on any atom is 0.189 e. The van der Waals surface area contributed by atoms with Gasteiger partial charge in [0, 0.05) is 25.8 Å². The fourth-order valence-corrected chi connectivity index (χ4v) is 6.40. The van der Waals surface area contributed by atoms with E-state index in [1.165, 1.54) is 12.8 Å². The molecule has 4 rings (SSSR count). The van der Waals surface area contributed by atoms with Gasteiger partial charge in [0.25, 0.3) is 0 Å². The van der Waals surface area contributed by atoms with Crippen LogP contribution in [0, 0.1) is 16.7 Å². The summed E-state index contributed by atoms with van der Waals surface area (Å²) >= 11 is 0. The van der Waals surface area contributed by atoms with E-state index in [1.54, 1.807) is 18.2 Å². The largest absolute Gasteiger partial charge is 0.489 e. The van der Waals surface area contributed by atoms with E-state index >= 15 is 0 Å². The molecule has 2 aromatic rings. The number of ketones is 1. The highest BCUT2D eigenvalue weighted by molar-refractivity contribution is 6.09. The van der Waals surface area contributed by atoms with E-state index in [-0.39, 0.29) is 16.6 Å². The van der Waals surface area contributed by atoms with E-state index in [0.717, 1.165) is 29.0 Å². The summed E-state index contributed by atoms with van der Waals surface area (Å²) in [6.07, 6.45) is 10.5. The van der Waals surface area contributed by atoms with Gasteiger partial charge in [-0.05, 0) is 77.3 Å². The molecule has 0 heterocycles. The molecule has 0 amide bonds. The quantitative estimate of drug-likeness (QED) is 0.180. The zero-order valence-electron chi connectivity index (χ0n) is 23.0. The standard InChI is InChI=1S/C33H41NO3/c1-8-18-36-30-22-31(37-19-9-2)27(29(35)15-12-23-10-13-25(14-11-23)34(6)7)21-26(30)28-20-24-16-17-33(28,5)32(24,3)4/h8-15,21-22,24,28H,1-2,16-20H2,3-7H3/b15-12+. The smallest absolute Gasteiger partial charge is 0.189 e. The van der Waals surface area contributed by atoms with Gasteiger partial charge < -0.3 is 14.4 Å². The van der Waals surface area contributed by atoms with Crippen LogP contribution in [0.4, 0.5) is 5.69 Å². The van der Waals surface area contributed by atoms with E-state index in [1.807, 2.05) is 56.6 Å². The number of fused-ring (bicyclic) bond motifs is 2. The van der Waals surface area contributed by atoms with Crippen LogP contribution in [-0.4, -0.2) is 33.1 Å². The first-order valence-electron chi connectivity index (χ1n) is 13.3. The number of hydrogen-bond acceptors (Lipinski definition) is 4. The molecule has 0 N–H and O–H groups in total. The van der Waals surface area contributed by atoms with Crippen LogP contribution in [0.2, 0.25) is 0 Å². The molecule has 2 aliphatic carbocycles. The third kappa shape index (κ3) is 4.99. The van der Waals surface area contributed by atoms with Crippen LogP contribution in [0.5, 0.6) is 11.5 Å². The minimum Gasteiger partial charge on any atom is -0.489 e. The Morgan fingerprint density at radius 1 is 1.03 bits per heavy atom. The van der Waals surface area contributed by atoms with Crippen molar-refractivity contribution in [3.63, 3.8) is 0 Å². The normalized spacial score (nSPS) is 23.7. The molecule has 0 radical (unpaired) electrons. The SMILES string of the molecule is C=CCOc1cc(OCC=C)c(C2CC3CCC2(C)C3(C)C)cc1C(=O)/C=C/c1ccc(N(C)C)cc1. The summed E-state index contributed by atoms with van der Waals surface area (Å²) in [5, 5.41) is 0. The number of carbonyl (C=O) groups is 1. The number of anilines is 1. The molecule has 37 heavy (non-hydrogen) atoms. The molecule has 0 aromatic heterocycles. The Bertz CT molecular complexity index is 1190. The lowest BCUT2D eigenvalue weighted by Crippen LogP contribution is -2.31. The molecule has 2 aliphatic rings. The highest BCUT2D eigenvalue weighted by Crippen LogP contribution is 2.71. The van der Waals surface area contributed by atoms with Gasteiger partial charge >= 0.3 is 0 Å². The lowest BCUT2D eigenvalue weighted by molar-refractivity contribution is 0.104. The van der Waals surface area contributed by atoms with Crippen LogP contribution in [0.15, 0.2) is 67.8 Å². The maximum absolute atomic E-state index is 13.6. The van der Waals surface area contributed by atoms with Gasteiger partial charge in [-0.1, -0.05) is 64.3 Å². The van der Waals surface area contributed by atoms with E-state index in [2.05, 4.69) is 38.8 Å². The molecule has 2 bridgehead atoms. The fraction of sp³-hybridized carbons (Fsp3) is 0.424. The van der Waals surface area contributed by atoms with Crippen LogP contribution >= 0.6 is 0 Å². The molecular formula is C33H41NO3. The summed E-state index contributed by atoms with van der Waals surface area (Å²) < 4.78 is 12.2. The van der Waals surface area contributed by atoms with E-state index in [9.17, 15) is 4.79 Å². The van der Waals surface area contributed by atoms with Gasteiger partial charge in [0.2, 0.25) is 0 Å². The van der Waals surface area contributed by atoms with Crippen LogP contribution in [-0.2, 0) is 0 Å². The Labute approximate surface area is 222 Å².